The maximum atomic E-state index is 11.9. The molecular weight excluding hydrogens is 254 g/mol. The zero-order chi connectivity index (χ0) is 11.7. The Hall–Kier alpha value is -1.72. The van der Waals surface area contributed by atoms with Crippen molar-refractivity contribution in [1.82, 2.24) is 4.98 Å². The Morgan fingerprint density at radius 3 is 2.71 bits per heavy atom. The lowest BCUT2D eigenvalue weighted by Gasteiger charge is -1.90. The van der Waals surface area contributed by atoms with Gasteiger partial charge in [-0.05, 0) is 22.9 Å². The van der Waals surface area contributed by atoms with Crippen LogP contribution in [0, 0.1) is 0 Å². The molecule has 84 valence electrons. The van der Waals surface area contributed by atoms with Gasteiger partial charge >= 0.3 is 0 Å². The minimum Gasteiger partial charge on any atom is -0.433 e. The van der Waals surface area contributed by atoms with E-state index in [1.165, 1.54) is 11.3 Å². The zero-order valence-electron chi connectivity index (χ0n) is 8.62. The number of nitrogens with zero attached hydrogens (tertiary/aromatic N) is 1. The summed E-state index contributed by atoms with van der Waals surface area (Å²) in [6, 6.07) is 7.47. The first-order valence-corrected chi connectivity index (χ1v) is 6.68. The second-order valence-corrected chi connectivity index (χ2v) is 5.21. The van der Waals surface area contributed by atoms with Crippen LogP contribution >= 0.6 is 22.7 Å². The molecule has 0 spiro atoms. The third kappa shape index (κ3) is 1.94. The van der Waals surface area contributed by atoms with Crippen molar-refractivity contribution in [3.63, 3.8) is 0 Å². The fraction of sp³-hybridized carbons (Fsp3) is 0. The van der Waals surface area contributed by atoms with Gasteiger partial charge in [-0.2, -0.15) is 0 Å². The van der Waals surface area contributed by atoms with Gasteiger partial charge in [0.1, 0.15) is 0 Å². The Morgan fingerprint density at radius 1 is 1.18 bits per heavy atom. The van der Waals surface area contributed by atoms with Crippen LogP contribution in [0.4, 0.5) is 0 Å². The van der Waals surface area contributed by atoms with Crippen LogP contribution in [0.2, 0.25) is 0 Å². The summed E-state index contributed by atoms with van der Waals surface area (Å²) < 4.78 is 5.47. The fourth-order valence-electron chi connectivity index (χ4n) is 1.42. The van der Waals surface area contributed by atoms with Gasteiger partial charge in [-0.1, -0.05) is 12.1 Å². The molecule has 0 aliphatic heterocycles. The standard InChI is InChI=1S/C12H7NO2S2/c14-11(10-4-2-6-17-10)12-13-7-8(15-12)9-3-1-5-16-9/h1-7H. The van der Waals surface area contributed by atoms with Crippen LogP contribution in [0.3, 0.4) is 0 Å². The summed E-state index contributed by atoms with van der Waals surface area (Å²) >= 11 is 2.94. The van der Waals surface area contributed by atoms with Gasteiger partial charge < -0.3 is 4.42 Å². The van der Waals surface area contributed by atoms with E-state index in [-0.39, 0.29) is 11.7 Å². The largest absolute Gasteiger partial charge is 0.433 e. The molecule has 0 amide bonds. The van der Waals surface area contributed by atoms with Crippen molar-refractivity contribution in [2.45, 2.75) is 0 Å². The van der Waals surface area contributed by atoms with Gasteiger partial charge in [-0.25, -0.2) is 4.98 Å². The highest BCUT2D eigenvalue weighted by Crippen LogP contribution is 2.26. The summed E-state index contributed by atoms with van der Waals surface area (Å²) in [4.78, 5) is 17.6. The van der Waals surface area contributed by atoms with Crippen molar-refractivity contribution in [2.75, 3.05) is 0 Å². The van der Waals surface area contributed by atoms with Gasteiger partial charge in [0.15, 0.2) is 5.76 Å². The number of carbonyl (C=O) groups excluding carboxylic acids is 1. The molecule has 0 N–H and O–H groups in total. The lowest BCUT2D eigenvalue weighted by atomic mass is 10.3. The molecule has 3 rings (SSSR count). The number of thiophene rings is 2. The summed E-state index contributed by atoms with van der Waals surface area (Å²) in [6.45, 7) is 0. The molecule has 17 heavy (non-hydrogen) atoms. The Balaban J connectivity index is 1.93. The molecule has 0 fully saturated rings. The van der Waals surface area contributed by atoms with E-state index in [1.807, 2.05) is 29.0 Å². The summed E-state index contributed by atoms with van der Waals surface area (Å²) in [5.41, 5.74) is 0. The number of carbonyl (C=O) groups is 1. The van der Waals surface area contributed by atoms with Gasteiger partial charge in [0.2, 0.25) is 0 Å². The molecule has 3 heterocycles. The predicted molar refractivity (Wildman–Crippen MR) is 67.6 cm³/mol. The first-order chi connectivity index (χ1) is 8.34. The monoisotopic (exact) mass is 261 g/mol. The van der Waals surface area contributed by atoms with Crippen molar-refractivity contribution < 1.29 is 9.21 Å². The van der Waals surface area contributed by atoms with E-state index in [4.69, 9.17) is 4.42 Å². The van der Waals surface area contributed by atoms with Crippen molar-refractivity contribution >= 4 is 28.5 Å². The maximum Gasteiger partial charge on any atom is 0.269 e. The minimum absolute atomic E-state index is 0.149. The topological polar surface area (TPSA) is 43.1 Å². The Bertz CT molecular complexity index is 623. The Labute approximate surface area is 105 Å². The highest BCUT2D eigenvalue weighted by Gasteiger charge is 2.17. The number of rotatable bonds is 3. The molecule has 3 aromatic rings. The van der Waals surface area contributed by atoms with Crippen molar-refractivity contribution in [3.05, 3.63) is 52.0 Å². The summed E-state index contributed by atoms with van der Waals surface area (Å²) in [5, 5.41) is 3.81. The van der Waals surface area contributed by atoms with Gasteiger partial charge in [0.05, 0.1) is 16.0 Å². The van der Waals surface area contributed by atoms with Crippen LogP contribution < -0.4 is 0 Å². The van der Waals surface area contributed by atoms with E-state index in [0.29, 0.717) is 10.6 Å². The van der Waals surface area contributed by atoms with Gasteiger partial charge in [0, 0.05) is 0 Å². The number of hydrogen-bond donors (Lipinski definition) is 0. The number of hydrogen-bond acceptors (Lipinski definition) is 5. The van der Waals surface area contributed by atoms with Crippen molar-refractivity contribution in [1.29, 1.82) is 0 Å². The summed E-state index contributed by atoms with van der Waals surface area (Å²) in [5.74, 6) is 0.624. The lowest BCUT2D eigenvalue weighted by molar-refractivity contribution is 0.101. The SMILES string of the molecule is O=C(c1ncc(-c2cccs2)o1)c1cccs1. The molecule has 0 atom stereocenters. The van der Waals surface area contributed by atoms with Crippen molar-refractivity contribution in [3.8, 4) is 10.6 Å². The highest BCUT2D eigenvalue weighted by molar-refractivity contribution is 7.13. The van der Waals surface area contributed by atoms with Crippen LogP contribution in [0.5, 0.6) is 0 Å². The van der Waals surface area contributed by atoms with Crippen molar-refractivity contribution in [2.24, 2.45) is 0 Å². The quantitative estimate of drug-likeness (QED) is 0.675. The van der Waals surface area contributed by atoms with Crippen LogP contribution in [-0.2, 0) is 0 Å². The molecule has 0 unspecified atom stereocenters. The highest BCUT2D eigenvalue weighted by atomic mass is 32.1. The van der Waals surface area contributed by atoms with Gasteiger partial charge in [-0.3, -0.25) is 4.79 Å². The van der Waals surface area contributed by atoms with E-state index in [2.05, 4.69) is 4.98 Å². The number of oxazole rings is 1. The van der Waals surface area contributed by atoms with Gasteiger partial charge in [-0.15, -0.1) is 22.7 Å². The second-order valence-electron chi connectivity index (χ2n) is 3.31. The smallest absolute Gasteiger partial charge is 0.269 e. The average molecular weight is 261 g/mol. The third-order valence-corrected chi connectivity index (χ3v) is 3.96. The van der Waals surface area contributed by atoms with Crippen LogP contribution in [0.25, 0.3) is 10.6 Å². The molecular formula is C12H7NO2S2. The van der Waals surface area contributed by atoms with E-state index >= 15 is 0 Å². The summed E-state index contributed by atoms with van der Waals surface area (Å²) in [6.07, 6.45) is 1.59. The molecule has 5 heteroatoms. The lowest BCUT2D eigenvalue weighted by Crippen LogP contribution is -1.97. The predicted octanol–water partition coefficient (Wildman–Crippen LogP) is 3.70. The first-order valence-electron chi connectivity index (χ1n) is 4.92. The molecule has 0 bridgehead atoms. The molecule has 0 aromatic carbocycles. The molecule has 3 aromatic heterocycles. The third-order valence-electron chi connectivity index (χ3n) is 2.21. The van der Waals surface area contributed by atoms with Crippen LogP contribution in [0.15, 0.2) is 45.6 Å². The molecule has 0 radical (unpaired) electrons. The van der Waals surface area contributed by atoms with Crippen LogP contribution in [-0.4, -0.2) is 10.8 Å². The van der Waals surface area contributed by atoms with E-state index in [9.17, 15) is 4.79 Å². The second kappa shape index (κ2) is 4.27. The first kappa shape index (κ1) is 10.4. The number of ketones is 1. The molecule has 0 aliphatic rings. The fourth-order valence-corrected chi connectivity index (χ4v) is 2.75. The van der Waals surface area contributed by atoms with E-state index < -0.39 is 0 Å². The Morgan fingerprint density at radius 2 is 2.00 bits per heavy atom. The maximum absolute atomic E-state index is 11.9. The van der Waals surface area contributed by atoms with Gasteiger partial charge in [0.25, 0.3) is 11.7 Å². The van der Waals surface area contributed by atoms with Crippen LogP contribution in [0.1, 0.15) is 15.6 Å². The minimum atomic E-state index is -0.164. The molecule has 0 saturated heterocycles. The number of aromatic nitrogens is 1. The molecule has 0 aliphatic carbocycles. The van der Waals surface area contributed by atoms with E-state index in [0.717, 1.165) is 4.88 Å². The molecule has 3 nitrogen and oxygen atoms in total. The average Bonchev–Trinajstić information content (AvgIpc) is 3.09. The Kier molecular flexibility index (Phi) is 2.62. The molecule has 0 saturated carbocycles. The summed E-state index contributed by atoms with van der Waals surface area (Å²) in [7, 11) is 0. The van der Waals surface area contributed by atoms with E-state index in [1.54, 1.807) is 23.6 Å². The zero-order valence-corrected chi connectivity index (χ0v) is 10.3. The normalized spacial score (nSPS) is 10.6.